The minimum absolute atomic E-state index is 0. The van der Waals surface area contributed by atoms with Crippen LogP contribution in [0, 0.1) is 0 Å². The first-order chi connectivity index (χ1) is 0. The predicted octanol–water partition coefficient (Wildman–Crippen LogP) is 3.15. The molecule has 0 aliphatic carbocycles. The summed E-state index contributed by atoms with van der Waals surface area (Å²) in [6.45, 7) is 0. The van der Waals surface area contributed by atoms with Gasteiger partial charge >= 0.3 is 29.6 Å². The van der Waals surface area contributed by atoms with E-state index in [0.29, 0.717) is 0 Å². The van der Waals surface area contributed by atoms with Crippen molar-refractivity contribution in [3.63, 3.8) is 0 Å². The van der Waals surface area contributed by atoms with E-state index in [1.165, 1.54) is 0 Å². The molecule has 0 unspecified atom stereocenters. The van der Waals surface area contributed by atoms with Gasteiger partial charge in [-0.3, -0.25) is 0 Å². The molecule has 0 fully saturated rings. The maximum absolute atomic E-state index is 0. The van der Waals surface area contributed by atoms with Crippen molar-refractivity contribution in [1.29, 1.82) is 0 Å². The topological polar surface area (TPSA) is 0 Å². The fourth-order valence-corrected chi connectivity index (χ4v) is 0. The summed E-state index contributed by atoms with van der Waals surface area (Å²) in [5.41, 5.74) is 0. The molecule has 0 aliphatic rings. The third-order valence-electron chi connectivity index (χ3n) is 0. The fourth-order valence-electron chi connectivity index (χ4n) is 0. The maximum atomic E-state index is 0. The Hall–Kier alpha value is 3.61. The van der Waals surface area contributed by atoms with Gasteiger partial charge in [-0.15, -0.1) is 112 Å². The van der Waals surface area contributed by atoms with Crippen molar-refractivity contribution in [3.05, 3.63) is 0 Å². The third-order valence-corrected chi connectivity index (χ3v) is 0. The van der Waals surface area contributed by atoms with E-state index in [9.17, 15) is 0 Å². The molecule has 0 radical (unpaired) electrons. The summed E-state index contributed by atoms with van der Waals surface area (Å²) in [6.07, 6.45) is 0. The van der Waals surface area contributed by atoms with Crippen molar-refractivity contribution < 1.29 is 0 Å². The van der Waals surface area contributed by atoms with Crippen LogP contribution in [0.15, 0.2) is 0 Å². The Morgan fingerprint density at radius 1 is 0.200 bits per heavy atom. The van der Waals surface area contributed by atoms with Gasteiger partial charge in [-0.25, -0.2) is 0 Å². The van der Waals surface area contributed by atoms with Gasteiger partial charge in [-0.1, -0.05) is 0 Å². The molecule has 0 spiro atoms. The molecule has 0 N–H and O–H groups in total. The van der Waals surface area contributed by atoms with Crippen LogP contribution in [0.1, 0.15) is 0 Å². The molecule has 0 aromatic carbocycles. The van der Waals surface area contributed by atoms with E-state index in [1.807, 2.05) is 0 Å². The second-order valence-corrected chi connectivity index (χ2v) is 0. The van der Waals surface area contributed by atoms with Crippen LogP contribution in [0.25, 0.3) is 0 Å². The summed E-state index contributed by atoms with van der Waals surface area (Å²) < 4.78 is 0. The van der Waals surface area contributed by atoms with Crippen molar-refractivity contribution in [2.45, 2.75) is 0 Å². The monoisotopic (exact) mass is 348 g/mol. The van der Waals surface area contributed by atoms with E-state index < -0.39 is 0 Å². The molecule has 10 heteroatoms. The molecule has 0 nitrogen and oxygen atoms in total. The first kappa shape index (κ1) is 166. The van der Waals surface area contributed by atoms with Gasteiger partial charge < -0.3 is 0 Å². The Labute approximate surface area is 139 Å². The zero-order valence-electron chi connectivity index (χ0n) is 3.67. The molecule has 0 amide bonds. The van der Waals surface area contributed by atoms with Crippen LogP contribution in [-0.4, -0.2) is 29.6 Å². The molecule has 0 aromatic rings. The van der Waals surface area contributed by atoms with E-state index >= 15 is 0 Å². The van der Waals surface area contributed by atoms with Crippen LogP contribution in [0.2, 0.25) is 0 Å². The van der Waals surface area contributed by atoms with Gasteiger partial charge in [-0.2, -0.15) is 0 Å². The molecular weight excluding hydrogens is 342 g/mol. The van der Waals surface area contributed by atoms with Crippen molar-refractivity contribution in [2.24, 2.45) is 0 Å². The van der Waals surface area contributed by atoms with E-state index in [4.69, 9.17) is 0 Å². The number of halogens is 9. The average molecular weight is 352 g/mol. The fraction of sp³-hybridized carbons (Fsp3) is 0. The van der Waals surface area contributed by atoms with Crippen LogP contribution in [0.4, 0.5) is 0 Å². The van der Waals surface area contributed by atoms with Crippen molar-refractivity contribution in [1.82, 2.24) is 0 Å². The van der Waals surface area contributed by atoms with Crippen molar-refractivity contribution >= 4 is 141 Å². The van der Waals surface area contributed by atoms with Gasteiger partial charge in [0.25, 0.3) is 0 Å². The van der Waals surface area contributed by atoms with E-state index in [0.717, 1.165) is 0 Å². The van der Waals surface area contributed by atoms with E-state index in [-0.39, 0.29) is 141 Å². The standard InChI is InChI=1S/9ClH.Na.H/h9*1H;;. The summed E-state index contributed by atoms with van der Waals surface area (Å²) in [4.78, 5) is 0. The predicted molar refractivity (Wildman–Crippen MR) is 72.4 cm³/mol. The van der Waals surface area contributed by atoms with Crippen molar-refractivity contribution in [2.75, 3.05) is 0 Å². The summed E-state index contributed by atoms with van der Waals surface area (Å²) in [5, 5.41) is 0. The Morgan fingerprint density at radius 3 is 0.200 bits per heavy atom. The number of rotatable bonds is 0. The van der Waals surface area contributed by atoms with Crippen LogP contribution >= 0.6 is 112 Å². The Morgan fingerprint density at radius 2 is 0.200 bits per heavy atom. The molecule has 0 aromatic heterocycles. The Balaban J connectivity index is 0. The minimum atomic E-state index is 0. The summed E-state index contributed by atoms with van der Waals surface area (Å²) >= 11 is 0. The summed E-state index contributed by atoms with van der Waals surface area (Å²) in [5.74, 6) is 0. The van der Waals surface area contributed by atoms with Crippen LogP contribution in [-0.2, 0) is 0 Å². The van der Waals surface area contributed by atoms with Crippen LogP contribution < -0.4 is 0 Å². The van der Waals surface area contributed by atoms with Gasteiger partial charge in [0, 0.05) is 0 Å². The molecular formula is H10Cl9Na. The van der Waals surface area contributed by atoms with Gasteiger partial charge in [0.1, 0.15) is 0 Å². The number of hydrogen-bond acceptors (Lipinski definition) is 0. The zero-order chi connectivity index (χ0) is 0. The Kier molecular flexibility index (Phi) is 2170. The van der Waals surface area contributed by atoms with Gasteiger partial charge in [-0.05, 0) is 0 Å². The number of hydrogen-bond donors (Lipinski definition) is 0. The van der Waals surface area contributed by atoms with E-state index in [2.05, 4.69) is 0 Å². The summed E-state index contributed by atoms with van der Waals surface area (Å²) in [7, 11) is 0. The van der Waals surface area contributed by atoms with Crippen molar-refractivity contribution in [3.8, 4) is 0 Å². The van der Waals surface area contributed by atoms with Crippen LogP contribution in [0.5, 0.6) is 0 Å². The Bertz CT molecular complexity index is 4.69. The van der Waals surface area contributed by atoms with E-state index in [1.54, 1.807) is 0 Å². The second kappa shape index (κ2) is 130. The molecule has 0 saturated carbocycles. The molecule has 0 rings (SSSR count). The van der Waals surface area contributed by atoms with Gasteiger partial charge in [0.15, 0.2) is 0 Å². The SMILES string of the molecule is Cl.Cl.Cl.Cl.Cl.Cl.Cl.Cl.Cl.[NaH]. The second-order valence-electron chi connectivity index (χ2n) is 0. The molecule has 0 saturated heterocycles. The molecule has 0 aliphatic heterocycles. The summed E-state index contributed by atoms with van der Waals surface area (Å²) in [6, 6.07) is 0. The first-order valence-electron chi connectivity index (χ1n) is 0. The molecule has 10 heavy (non-hydrogen) atoms. The van der Waals surface area contributed by atoms with Crippen LogP contribution in [0.3, 0.4) is 0 Å². The zero-order valence-corrected chi connectivity index (χ0v) is 11.0. The third kappa shape index (κ3) is 100. The van der Waals surface area contributed by atoms with Gasteiger partial charge in [0.05, 0.1) is 0 Å². The molecule has 0 atom stereocenters. The van der Waals surface area contributed by atoms with Gasteiger partial charge in [0.2, 0.25) is 0 Å². The normalized spacial score (nSPS) is 0. The first-order valence-corrected chi connectivity index (χ1v) is 0. The molecule has 0 heterocycles. The molecule has 0 bridgehead atoms. The quantitative estimate of drug-likeness (QED) is 0.588. The molecule has 74 valence electrons. The average Bonchev–Trinajstić information content (AvgIpc) is 0.